The Kier molecular flexibility index (Phi) is 5.49. The van der Waals surface area contributed by atoms with Crippen LogP contribution in [0, 0.1) is 0 Å². The predicted octanol–water partition coefficient (Wildman–Crippen LogP) is 2.59. The molecule has 0 spiro atoms. The Morgan fingerprint density at radius 3 is 2.29 bits per heavy atom. The fourth-order valence-electron chi connectivity index (χ4n) is 1.12. The summed E-state index contributed by atoms with van der Waals surface area (Å²) in [6.45, 7) is 2.02. The monoisotopic (exact) mass is 256 g/mol. The summed E-state index contributed by atoms with van der Waals surface area (Å²) < 4.78 is 9.69. The van der Waals surface area contributed by atoms with Gasteiger partial charge in [0.1, 0.15) is 5.75 Å². The lowest BCUT2D eigenvalue weighted by Gasteiger charge is -2.04. The minimum atomic E-state index is -0.472. The third kappa shape index (κ3) is 5.36. The van der Waals surface area contributed by atoms with Crippen LogP contribution in [0.15, 0.2) is 24.3 Å². The molecule has 0 heterocycles. The van der Waals surface area contributed by atoms with Gasteiger partial charge in [-0.25, -0.2) is 0 Å². The van der Waals surface area contributed by atoms with Gasteiger partial charge in [0, 0.05) is 5.02 Å². The molecule has 0 aliphatic rings. The number of carbonyl (C=O) groups excluding carboxylic acids is 2. The van der Waals surface area contributed by atoms with Crippen molar-refractivity contribution in [3.8, 4) is 5.75 Å². The second kappa shape index (κ2) is 6.91. The van der Waals surface area contributed by atoms with Gasteiger partial charge < -0.3 is 9.47 Å². The highest BCUT2D eigenvalue weighted by molar-refractivity contribution is 6.30. The van der Waals surface area contributed by atoms with Crippen LogP contribution in [0.3, 0.4) is 0 Å². The number of ether oxygens (including phenoxy) is 2. The molecule has 0 aliphatic heterocycles. The van der Waals surface area contributed by atoms with Crippen LogP contribution in [-0.4, -0.2) is 18.5 Å². The molecule has 0 saturated carbocycles. The number of hydrogen-bond donors (Lipinski definition) is 0. The molecule has 0 atom stereocenters. The summed E-state index contributed by atoms with van der Waals surface area (Å²) in [4.78, 5) is 22.3. The summed E-state index contributed by atoms with van der Waals surface area (Å²) in [5, 5.41) is 0.566. The molecule has 0 aliphatic carbocycles. The molecule has 92 valence electrons. The molecule has 0 unspecified atom stereocenters. The molecule has 0 fully saturated rings. The minimum Gasteiger partial charge on any atom is -0.466 e. The van der Waals surface area contributed by atoms with Crippen LogP contribution in [0.25, 0.3) is 0 Å². The number of benzene rings is 1. The normalized spacial score (nSPS) is 9.76. The smallest absolute Gasteiger partial charge is 0.311 e. The summed E-state index contributed by atoms with van der Waals surface area (Å²) in [5.74, 6) is -0.468. The third-order valence-corrected chi connectivity index (χ3v) is 2.14. The number of esters is 2. The number of rotatable bonds is 5. The molecule has 0 aromatic heterocycles. The van der Waals surface area contributed by atoms with Crippen molar-refractivity contribution in [1.29, 1.82) is 0 Å². The van der Waals surface area contributed by atoms with Crippen LogP contribution in [0.5, 0.6) is 5.75 Å². The molecule has 1 aromatic rings. The van der Waals surface area contributed by atoms with E-state index < -0.39 is 11.9 Å². The van der Waals surface area contributed by atoms with E-state index in [1.165, 1.54) is 0 Å². The van der Waals surface area contributed by atoms with Crippen molar-refractivity contribution in [2.24, 2.45) is 0 Å². The summed E-state index contributed by atoms with van der Waals surface area (Å²) >= 11 is 5.68. The Bertz CT molecular complexity index is 386. The first-order chi connectivity index (χ1) is 8.11. The summed E-state index contributed by atoms with van der Waals surface area (Å²) in [7, 11) is 0. The quantitative estimate of drug-likeness (QED) is 0.600. The van der Waals surface area contributed by atoms with Crippen molar-refractivity contribution >= 4 is 23.5 Å². The summed E-state index contributed by atoms with van der Waals surface area (Å²) in [5.41, 5.74) is 0. The van der Waals surface area contributed by atoms with Crippen LogP contribution in [-0.2, 0) is 14.3 Å². The maximum Gasteiger partial charge on any atom is 0.311 e. The van der Waals surface area contributed by atoms with E-state index in [0.717, 1.165) is 0 Å². The van der Waals surface area contributed by atoms with Gasteiger partial charge in [0.25, 0.3) is 0 Å². The van der Waals surface area contributed by atoms with Crippen LogP contribution >= 0.6 is 11.6 Å². The zero-order valence-corrected chi connectivity index (χ0v) is 10.2. The van der Waals surface area contributed by atoms with E-state index in [-0.39, 0.29) is 12.8 Å². The van der Waals surface area contributed by atoms with Gasteiger partial charge >= 0.3 is 11.9 Å². The van der Waals surface area contributed by atoms with E-state index in [1.54, 1.807) is 31.2 Å². The second-order valence-electron chi connectivity index (χ2n) is 3.23. The zero-order chi connectivity index (χ0) is 12.7. The Morgan fingerprint density at radius 1 is 1.12 bits per heavy atom. The molecule has 1 rings (SSSR count). The molecule has 0 bridgehead atoms. The van der Waals surface area contributed by atoms with Crippen molar-refractivity contribution < 1.29 is 19.1 Å². The van der Waals surface area contributed by atoms with Crippen molar-refractivity contribution in [1.82, 2.24) is 0 Å². The first-order valence-electron chi connectivity index (χ1n) is 5.23. The maximum absolute atomic E-state index is 11.3. The molecule has 4 nitrogen and oxygen atoms in total. The Labute approximate surface area is 104 Å². The Hall–Kier alpha value is -1.55. The largest absolute Gasteiger partial charge is 0.466 e. The van der Waals surface area contributed by atoms with E-state index in [2.05, 4.69) is 0 Å². The average molecular weight is 257 g/mol. The number of hydrogen-bond acceptors (Lipinski definition) is 4. The van der Waals surface area contributed by atoms with Gasteiger partial charge in [-0.05, 0) is 31.2 Å². The molecule has 1 aromatic carbocycles. The summed E-state index contributed by atoms with van der Waals surface area (Å²) in [6, 6.07) is 6.42. The molecule has 0 saturated heterocycles. The fraction of sp³-hybridized carbons (Fsp3) is 0.333. The molecular weight excluding hydrogens is 244 g/mol. The van der Waals surface area contributed by atoms with Crippen LogP contribution < -0.4 is 4.74 Å². The highest BCUT2D eigenvalue weighted by Crippen LogP contribution is 2.16. The number of carbonyl (C=O) groups is 2. The molecule has 17 heavy (non-hydrogen) atoms. The van der Waals surface area contributed by atoms with E-state index in [9.17, 15) is 9.59 Å². The first-order valence-corrected chi connectivity index (χ1v) is 5.61. The topological polar surface area (TPSA) is 52.6 Å². The average Bonchev–Trinajstić information content (AvgIpc) is 2.30. The Morgan fingerprint density at radius 2 is 1.71 bits per heavy atom. The van der Waals surface area contributed by atoms with Gasteiger partial charge in [0.15, 0.2) is 0 Å². The van der Waals surface area contributed by atoms with Gasteiger partial charge in [-0.2, -0.15) is 0 Å². The van der Waals surface area contributed by atoms with Crippen molar-refractivity contribution in [3.05, 3.63) is 29.3 Å². The second-order valence-corrected chi connectivity index (χ2v) is 3.67. The van der Waals surface area contributed by atoms with Crippen LogP contribution in [0.1, 0.15) is 19.8 Å². The fourth-order valence-corrected chi connectivity index (χ4v) is 1.25. The van der Waals surface area contributed by atoms with Gasteiger partial charge in [-0.15, -0.1) is 0 Å². The predicted molar refractivity (Wildman–Crippen MR) is 63.0 cm³/mol. The van der Waals surface area contributed by atoms with Crippen molar-refractivity contribution in [2.45, 2.75) is 19.8 Å². The molecule has 0 radical (unpaired) electrons. The lowest BCUT2D eigenvalue weighted by Crippen LogP contribution is -2.12. The molecule has 0 amide bonds. The van der Waals surface area contributed by atoms with E-state index in [0.29, 0.717) is 17.4 Å². The SMILES string of the molecule is CCOC(=O)CCC(=O)Oc1ccc(Cl)cc1. The highest BCUT2D eigenvalue weighted by atomic mass is 35.5. The lowest BCUT2D eigenvalue weighted by atomic mass is 10.3. The Balaban J connectivity index is 2.34. The van der Waals surface area contributed by atoms with Crippen LogP contribution in [0.4, 0.5) is 0 Å². The van der Waals surface area contributed by atoms with E-state index >= 15 is 0 Å². The maximum atomic E-state index is 11.3. The molecule has 0 N–H and O–H groups in total. The first kappa shape index (κ1) is 13.5. The van der Waals surface area contributed by atoms with Gasteiger partial charge in [-0.1, -0.05) is 11.6 Å². The minimum absolute atomic E-state index is 0.00145. The van der Waals surface area contributed by atoms with Gasteiger partial charge in [0.2, 0.25) is 0 Å². The number of halogens is 1. The third-order valence-electron chi connectivity index (χ3n) is 1.88. The molecular formula is C12H13ClO4. The lowest BCUT2D eigenvalue weighted by molar-refractivity contribution is -0.146. The summed E-state index contributed by atoms with van der Waals surface area (Å²) in [6.07, 6.45) is 0.0295. The van der Waals surface area contributed by atoms with Crippen molar-refractivity contribution in [3.63, 3.8) is 0 Å². The van der Waals surface area contributed by atoms with Gasteiger partial charge in [0.05, 0.1) is 19.4 Å². The van der Waals surface area contributed by atoms with E-state index in [1.807, 2.05) is 0 Å². The zero-order valence-electron chi connectivity index (χ0n) is 9.44. The molecule has 5 heteroatoms. The van der Waals surface area contributed by atoms with Gasteiger partial charge in [-0.3, -0.25) is 9.59 Å². The van der Waals surface area contributed by atoms with Crippen molar-refractivity contribution in [2.75, 3.05) is 6.61 Å². The van der Waals surface area contributed by atoms with E-state index in [4.69, 9.17) is 21.1 Å². The van der Waals surface area contributed by atoms with Crippen LogP contribution in [0.2, 0.25) is 5.02 Å². The highest BCUT2D eigenvalue weighted by Gasteiger charge is 2.09. The standard InChI is InChI=1S/C12H13ClO4/c1-2-16-11(14)7-8-12(15)17-10-5-3-9(13)4-6-10/h3-6H,2,7-8H2,1H3.